The number of benzene rings is 2. The van der Waals surface area contributed by atoms with Crippen LogP contribution in [0.3, 0.4) is 0 Å². The number of amides is 1. The topological polar surface area (TPSA) is 47.6 Å². The molecular formula is C20H11ClF13NO3. The van der Waals surface area contributed by atoms with Crippen LogP contribution in [0.25, 0.3) is 0 Å². The van der Waals surface area contributed by atoms with E-state index in [2.05, 4.69) is 0 Å². The van der Waals surface area contributed by atoms with Crippen LogP contribution in [0.15, 0.2) is 42.5 Å². The van der Waals surface area contributed by atoms with Gasteiger partial charge in [-0.3, -0.25) is 4.79 Å². The van der Waals surface area contributed by atoms with Gasteiger partial charge in [0.15, 0.2) is 0 Å². The van der Waals surface area contributed by atoms with Crippen LogP contribution in [0, 0.1) is 6.92 Å². The molecule has 0 fully saturated rings. The van der Waals surface area contributed by atoms with Gasteiger partial charge in [0.1, 0.15) is 0 Å². The molecule has 0 atom stereocenters. The number of alkyl halides is 13. The van der Waals surface area contributed by atoms with Gasteiger partial charge in [-0.05, 0) is 36.8 Å². The standard InChI is InChI=1S/C20H11ClF13NO3/c1-9-5-6-12(13(21)7-9)14(36)35-11-4-2-3-10(8-11)15(22,23)17(26,27)37-18(28,29)16(24,25)19(30,31)38-20(32,33)34/h2-8H,1H3,(H,35,36). The van der Waals surface area contributed by atoms with Gasteiger partial charge >= 0.3 is 36.5 Å². The number of hydrogen-bond donors (Lipinski definition) is 1. The molecule has 0 spiro atoms. The van der Waals surface area contributed by atoms with Crippen molar-refractivity contribution in [3.63, 3.8) is 0 Å². The van der Waals surface area contributed by atoms with Gasteiger partial charge in [0.25, 0.3) is 5.91 Å². The first-order chi connectivity index (χ1) is 16.9. The summed E-state index contributed by atoms with van der Waals surface area (Å²) >= 11 is 5.87. The summed E-state index contributed by atoms with van der Waals surface area (Å²) in [5.74, 6) is -14.6. The van der Waals surface area contributed by atoms with Crippen molar-refractivity contribution >= 4 is 23.2 Å². The zero-order valence-corrected chi connectivity index (χ0v) is 18.8. The fourth-order valence-corrected chi connectivity index (χ4v) is 2.95. The first kappa shape index (κ1) is 31.4. The molecule has 0 saturated heterocycles. The number of hydrogen-bond acceptors (Lipinski definition) is 3. The maximum atomic E-state index is 14.4. The van der Waals surface area contributed by atoms with E-state index in [1.165, 1.54) is 22.9 Å². The van der Waals surface area contributed by atoms with Crippen LogP contribution in [0.4, 0.5) is 62.8 Å². The van der Waals surface area contributed by atoms with E-state index in [1.54, 1.807) is 6.92 Å². The molecular weight excluding hydrogens is 585 g/mol. The van der Waals surface area contributed by atoms with Crippen molar-refractivity contribution in [2.24, 2.45) is 0 Å². The molecule has 0 aliphatic heterocycles. The molecule has 1 N–H and O–H groups in total. The lowest BCUT2D eigenvalue weighted by atomic mass is 10.1. The van der Waals surface area contributed by atoms with Crippen LogP contribution in [0.1, 0.15) is 21.5 Å². The molecule has 0 unspecified atom stereocenters. The third-order valence-corrected chi connectivity index (χ3v) is 4.76. The van der Waals surface area contributed by atoms with Crippen molar-refractivity contribution in [2.45, 2.75) is 43.5 Å². The molecule has 212 valence electrons. The normalized spacial score (nSPS) is 14.0. The average Bonchev–Trinajstić information content (AvgIpc) is 2.71. The van der Waals surface area contributed by atoms with Gasteiger partial charge in [0, 0.05) is 11.3 Å². The zero-order chi connectivity index (χ0) is 29.5. The lowest BCUT2D eigenvalue weighted by Crippen LogP contribution is -2.61. The van der Waals surface area contributed by atoms with E-state index in [4.69, 9.17) is 11.6 Å². The summed E-state index contributed by atoms with van der Waals surface area (Å²) in [6.45, 7) is 1.60. The third kappa shape index (κ3) is 6.43. The van der Waals surface area contributed by atoms with E-state index in [9.17, 15) is 61.9 Å². The Morgan fingerprint density at radius 3 is 1.84 bits per heavy atom. The number of rotatable bonds is 9. The Hall–Kier alpha value is -2.79. The monoisotopic (exact) mass is 595 g/mol. The molecule has 0 aromatic heterocycles. The molecule has 1 amide bonds. The van der Waals surface area contributed by atoms with Crippen LogP contribution in [-0.2, 0) is 15.4 Å². The highest BCUT2D eigenvalue weighted by Gasteiger charge is 2.80. The van der Waals surface area contributed by atoms with Crippen molar-refractivity contribution in [1.29, 1.82) is 0 Å². The second-order valence-electron chi connectivity index (χ2n) is 7.37. The second-order valence-corrected chi connectivity index (χ2v) is 7.77. The van der Waals surface area contributed by atoms with Crippen LogP contribution in [-0.4, -0.2) is 36.5 Å². The van der Waals surface area contributed by atoms with Gasteiger partial charge in [0.05, 0.1) is 10.6 Å². The van der Waals surface area contributed by atoms with Gasteiger partial charge < -0.3 is 5.32 Å². The van der Waals surface area contributed by atoms with E-state index in [1.807, 2.05) is 10.1 Å². The Bertz CT molecular complexity index is 1180. The average molecular weight is 596 g/mol. The Morgan fingerprint density at radius 2 is 1.32 bits per heavy atom. The van der Waals surface area contributed by atoms with Crippen LogP contribution < -0.4 is 5.32 Å². The van der Waals surface area contributed by atoms with Gasteiger partial charge in [0.2, 0.25) is 0 Å². The fraction of sp³-hybridized carbons (Fsp3) is 0.350. The van der Waals surface area contributed by atoms with E-state index in [0.29, 0.717) is 11.6 Å². The lowest BCUT2D eigenvalue weighted by molar-refractivity contribution is -0.535. The Kier molecular flexibility index (Phi) is 8.33. The Labute approximate surface area is 208 Å². The van der Waals surface area contributed by atoms with Crippen molar-refractivity contribution in [3.05, 3.63) is 64.2 Å². The minimum Gasteiger partial charge on any atom is -0.322 e. The highest BCUT2D eigenvalue weighted by atomic mass is 35.5. The first-order valence-corrected chi connectivity index (χ1v) is 9.85. The summed E-state index contributed by atoms with van der Waals surface area (Å²) in [6, 6.07) is 5.56. The summed E-state index contributed by atoms with van der Waals surface area (Å²) in [5.41, 5.74) is -2.25. The summed E-state index contributed by atoms with van der Waals surface area (Å²) in [6.07, 6.45) is -28.0. The molecule has 0 aliphatic carbocycles. The van der Waals surface area contributed by atoms with Gasteiger partial charge in [-0.1, -0.05) is 29.8 Å². The van der Waals surface area contributed by atoms with Gasteiger partial charge in [-0.25, -0.2) is 9.47 Å². The Morgan fingerprint density at radius 1 is 0.763 bits per heavy atom. The minimum atomic E-state index is -7.53. The fourth-order valence-electron chi connectivity index (χ4n) is 2.63. The smallest absolute Gasteiger partial charge is 0.322 e. The van der Waals surface area contributed by atoms with Crippen molar-refractivity contribution in [3.8, 4) is 0 Å². The molecule has 0 aliphatic rings. The maximum Gasteiger partial charge on any atom is 0.527 e. The van der Waals surface area contributed by atoms with Crippen LogP contribution in [0.2, 0.25) is 5.02 Å². The number of ether oxygens (including phenoxy) is 2. The van der Waals surface area contributed by atoms with Gasteiger partial charge in [-0.15, -0.1) is 13.2 Å². The molecule has 0 bridgehead atoms. The third-order valence-electron chi connectivity index (χ3n) is 4.45. The first-order valence-electron chi connectivity index (χ1n) is 9.48. The minimum absolute atomic E-state index is 0.0644. The largest absolute Gasteiger partial charge is 0.527 e. The number of anilines is 1. The number of carbonyl (C=O) groups excluding carboxylic acids is 1. The predicted octanol–water partition coefficient (Wildman–Crippen LogP) is 7.96. The summed E-state index contributed by atoms with van der Waals surface area (Å²) < 4.78 is 176. The highest BCUT2D eigenvalue weighted by Crippen LogP contribution is 2.54. The molecule has 0 heterocycles. The SMILES string of the molecule is Cc1ccc(C(=O)Nc2cccc(C(F)(F)C(F)(F)OC(F)(F)C(F)(F)C(F)(F)OC(F)(F)F)c2)c(Cl)c1. The van der Waals surface area contributed by atoms with E-state index in [-0.39, 0.29) is 22.7 Å². The zero-order valence-electron chi connectivity index (χ0n) is 18.1. The van der Waals surface area contributed by atoms with E-state index >= 15 is 0 Å². The molecule has 0 radical (unpaired) electrons. The van der Waals surface area contributed by atoms with E-state index < -0.39 is 53.7 Å². The Balaban J connectivity index is 2.35. The van der Waals surface area contributed by atoms with Crippen molar-refractivity contribution in [2.75, 3.05) is 5.32 Å². The molecule has 0 saturated carbocycles. The van der Waals surface area contributed by atoms with Gasteiger partial charge in [-0.2, -0.15) is 43.9 Å². The molecule has 2 aromatic carbocycles. The molecule has 18 heteroatoms. The van der Waals surface area contributed by atoms with Crippen LogP contribution in [0.5, 0.6) is 0 Å². The molecule has 2 aromatic rings. The molecule has 38 heavy (non-hydrogen) atoms. The summed E-state index contributed by atoms with van der Waals surface area (Å²) in [7, 11) is 0. The summed E-state index contributed by atoms with van der Waals surface area (Å²) in [5, 5.41) is 1.85. The number of aryl methyl sites for hydroxylation is 1. The van der Waals surface area contributed by atoms with Crippen molar-refractivity contribution in [1.82, 2.24) is 0 Å². The molecule has 4 nitrogen and oxygen atoms in total. The number of halogens is 14. The highest BCUT2D eigenvalue weighted by molar-refractivity contribution is 6.34. The van der Waals surface area contributed by atoms with Crippen LogP contribution >= 0.6 is 11.6 Å². The number of carbonyl (C=O) groups is 1. The lowest BCUT2D eigenvalue weighted by Gasteiger charge is -2.35. The van der Waals surface area contributed by atoms with Crippen molar-refractivity contribution < 1.29 is 71.3 Å². The predicted molar refractivity (Wildman–Crippen MR) is 102 cm³/mol. The molecule has 2 rings (SSSR count). The maximum absolute atomic E-state index is 14.4. The summed E-state index contributed by atoms with van der Waals surface area (Å²) in [4.78, 5) is 12.3. The quantitative estimate of drug-likeness (QED) is 0.299. The van der Waals surface area contributed by atoms with E-state index in [0.717, 1.165) is 6.07 Å². The number of nitrogens with one attached hydrogen (secondary N) is 1. The second kappa shape index (κ2) is 10.1.